The van der Waals surface area contributed by atoms with Crippen LogP contribution in [0.3, 0.4) is 0 Å². The number of likely N-dealkylation sites (tertiary alicyclic amines) is 1. The van der Waals surface area contributed by atoms with Crippen LogP contribution in [0.5, 0.6) is 0 Å². The van der Waals surface area contributed by atoms with E-state index in [0.29, 0.717) is 0 Å². The number of halogens is 1. The topological polar surface area (TPSA) is 16.1 Å². The largest absolute Gasteiger partial charge is 0.298 e. The van der Waals surface area contributed by atoms with Gasteiger partial charge in [-0.25, -0.2) is 4.98 Å². The Hall–Kier alpha value is 0.0700. The second-order valence-corrected chi connectivity index (χ2v) is 5.09. The van der Waals surface area contributed by atoms with Crippen LogP contribution >= 0.6 is 27.3 Å². The van der Waals surface area contributed by atoms with Crippen molar-refractivity contribution in [2.75, 3.05) is 13.1 Å². The zero-order valence-electron chi connectivity index (χ0n) is 7.50. The normalized spacial score (nSPS) is 19.2. The number of piperidine rings is 1. The van der Waals surface area contributed by atoms with Gasteiger partial charge >= 0.3 is 0 Å². The van der Waals surface area contributed by atoms with Crippen LogP contribution in [0.4, 0.5) is 0 Å². The predicted octanol–water partition coefficient (Wildman–Crippen LogP) is 2.89. The highest BCUT2D eigenvalue weighted by atomic mass is 79.9. The van der Waals surface area contributed by atoms with Crippen molar-refractivity contribution in [3.63, 3.8) is 0 Å². The molecule has 1 aromatic rings. The maximum atomic E-state index is 4.19. The molecule has 2 heterocycles. The van der Waals surface area contributed by atoms with Crippen LogP contribution in [0.25, 0.3) is 0 Å². The van der Waals surface area contributed by atoms with E-state index in [9.17, 15) is 0 Å². The van der Waals surface area contributed by atoms with Crippen molar-refractivity contribution in [3.8, 4) is 0 Å². The lowest BCUT2D eigenvalue weighted by molar-refractivity contribution is 0.222. The molecule has 1 aromatic heterocycles. The first kappa shape index (κ1) is 9.62. The summed E-state index contributed by atoms with van der Waals surface area (Å²) in [5, 5.41) is 0. The summed E-state index contributed by atoms with van der Waals surface area (Å²) in [6.45, 7) is 3.58. The van der Waals surface area contributed by atoms with E-state index < -0.39 is 0 Å². The zero-order chi connectivity index (χ0) is 9.10. The van der Waals surface area contributed by atoms with Crippen LogP contribution < -0.4 is 0 Å². The molecule has 13 heavy (non-hydrogen) atoms. The number of thiazole rings is 1. The van der Waals surface area contributed by atoms with Gasteiger partial charge in [0.05, 0.1) is 10.4 Å². The summed E-state index contributed by atoms with van der Waals surface area (Å²) in [5.74, 6) is 0. The highest BCUT2D eigenvalue weighted by Gasteiger charge is 2.12. The third-order valence-electron chi connectivity index (χ3n) is 2.41. The Balaban J connectivity index is 1.93. The van der Waals surface area contributed by atoms with Gasteiger partial charge in [-0.3, -0.25) is 4.90 Å². The van der Waals surface area contributed by atoms with Crippen LogP contribution in [0.2, 0.25) is 0 Å². The van der Waals surface area contributed by atoms with Gasteiger partial charge in [0, 0.05) is 6.54 Å². The lowest BCUT2D eigenvalue weighted by Crippen LogP contribution is -2.28. The fourth-order valence-corrected chi connectivity index (χ4v) is 3.02. The van der Waals surface area contributed by atoms with Crippen molar-refractivity contribution in [2.45, 2.75) is 25.8 Å². The van der Waals surface area contributed by atoms with Crippen molar-refractivity contribution in [1.29, 1.82) is 0 Å². The number of nitrogens with zero attached hydrogens (tertiary/aromatic N) is 2. The van der Waals surface area contributed by atoms with Gasteiger partial charge in [-0.2, -0.15) is 0 Å². The minimum absolute atomic E-state index is 1.03. The molecule has 0 bridgehead atoms. The van der Waals surface area contributed by atoms with E-state index in [1.807, 2.05) is 5.51 Å². The number of aromatic nitrogens is 1. The quantitative estimate of drug-likeness (QED) is 0.813. The molecule has 0 aromatic carbocycles. The first-order chi connectivity index (χ1) is 6.36. The van der Waals surface area contributed by atoms with E-state index in [2.05, 4.69) is 25.8 Å². The summed E-state index contributed by atoms with van der Waals surface area (Å²) in [4.78, 5) is 8.07. The molecule has 1 fully saturated rings. The van der Waals surface area contributed by atoms with Crippen molar-refractivity contribution in [1.82, 2.24) is 9.88 Å². The van der Waals surface area contributed by atoms with E-state index in [4.69, 9.17) is 0 Å². The SMILES string of the molecule is Brc1ncsc1CN1CCCCC1. The van der Waals surface area contributed by atoms with Crippen LogP contribution in [-0.4, -0.2) is 23.0 Å². The zero-order valence-corrected chi connectivity index (χ0v) is 9.90. The molecule has 72 valence electrons. The first-order valence-corrected chi connectivity index (χ1v) is 6.34. The molecule has 4 heteroatoms. The van der Waals surface area contributed by atoms with Gasteiger partial charge in [0.1, 0.15) is 4.60 Å². The van der Waals surface area contributed by atoms with Crippen LogP contribution in [-0.2, 0) is 6.54 Å². The number of hydrogen-bond acceptors (Lipinski definition) is 3. The Morgan fingerprint density at radius 2 is 2.15 bits per heavy atom. The summed E-state index contributed by atoms with van der Waals surface area (Å²) in [6, 6.07) is 0. The fraction of sp³-hybridized carbons (Fsp3) is 0.667. The van der Waals surface area contributed by atoms with Crippen molar-refractivity contribution in [2.24, 2.45) is 0 Å². The fourth-order valence-electron chi connectivity index (χ4n) is 1.68. The van der Waals surface area contributed by atoms with Gasteiger partial charge in [0.25, 0.3) is 0 Å². The molecule has 2 nitrogen and oxygen atoms in total. The second kappa shape index (κ2) is 4.53. The maximum Gasteiger partial charge on any atom is 0.121 e. The molecule has 1 aliphatic heterocycles. The molecule has 1 aliphatic rings. The van der Waals surface area contributed by atoms with Crippen LogP contribution in [0, 0.1) is 0 Å². The number of hydrogen-bond donors (Lipinski definition) is 0. The Kier molecular flexibility index (Phi) is 3.35. The standard InChI is InChI=1S/C9H13BrN2S/c10-9-8(13-7-11-9)6-12-4-2-1-3-5-12/h7H,1-6H2. The second-order valence-electron chi connectivity index (χ2n) is 3.40. The Labute approximate surface area is 91.1 Å². The molecule has 0 saturated carbocycles. The summed E-state index contributed by atoms with van der Waals surface area (Å²) in [5.41, 5.74) is 1.91. The third kappa shape index (κ3) is 2.51. The van der Waals surface area contributed by atoms with E-state index in [1.54, 1.807) is 11.3 Å². The van der Waals surface area contributed by atoms with Gasteiger partial charge in [0.15, 0.2) is 0 Å². The number of rotatable bonds is 2. The molecule has 0 amide bonds. The van der Waals surface area contributed by atoms with Gasteiger partial charge in [-0.1, -0.05) is 6.42 Å². The van der Waals surface area contributed by atoms with Crippen molar-refractivity contribution >= 4 is 27.3 Å². The molecule has 0 atom stereocenters. The van der Waals surface area contributed by atoms with Gasteiger partial charge < -0.3 is 0 Å². The van der Waals surface area contributed by atoms with Gasteiger partial charge in [-0.15, -0.1) is 11.3 Å². The predicted molar refractivity (Wildman–Crippen MR) is 58.9 cm³/mol. The molecule has 0 N–H and O–H groups in total. The average Bonchev–Trinajstić information content (AvgIpc) is 2.54. The molecular formula is C9H13BrN2S. The monoisotopic (exact) mass is 260 g/mol. The summed E-state index contributed by atoms with van der Waals surface area (Å²) >= 11 is 5.21. The lowest BCUT2D eigenvalue weighted by atomic mass is 10.1. The summed E-state index contributed by atoms with van der Waals surface area (Å²) < 4.78 is 1.03. The van der Waals surface area contributed by atoms with E-state index in [-0.39, 0.29) is 0 Å². The minimum Gasteiger partial charge on any atom is -0.298 e. The van der Waals surface area contributed by atoms with Crippen molar-refractivity contribution in [3.05, 3.63) is 15.0 Å². The smallest absolute Gasteiger partial charge is 0.121 e. The van der Waals surface area contributed by atoms with Crippen molar-refractivity contribution < 1.29 is 0 Å². The Morgan fingerprint density at radius 3 is 2.77 bits per heavy atom. The average molecular weight is 261 g/mol. The molecule has 0 aliphatic carbocycles. The van der Waals surface area contributed by atoms with E-state index in [1.165, 1.54) is 37.2 Å². The van der Waals surface area contributed by atoms with E-state index >= 15 is 0 Å². The van der Waals surface area contributed by atoms with E-state index in [0.717, 1.165) is 11.1 Å². The third-order valence-corrected chi connectivity index (χ3v) is 4.17. The highest BCUT2D eigenvalue weighted by molar-refractivity contribution is 9.10. The van der Waals surface area contributed by atoms with Crippen LogP contribution in [0.1, 0.15) is 24.1 Å². The minimum atomic E-state index is 1.03. The Bertz CT molecular complexity index is 268. The molecule has 0 radical (unpaired) electrons. The maximum absolute atomic E-state index is 4.19. The Morgan fingerprint density at radius 1 is 1.38 bits per heavy atom. The lowest BCUT2D eigenvalue weighted by Gasteiger charge is -2.25. The molecule has 1 saturated heterocycles. The summed E-state index contributed by atoms with van der Waals surface area (Å²) in [7, 11) is 0. The molecular weight excluding hydrogens is 248 g/mol. The summed E-state index contributed by atoms with van der Waals surface area (Å²) in [6.07, 6.45) is 4.12. The first-order valence-electron chi connectivity index (χ1n) is 4.66. The van der Waals surface area contributed by atoms with Gasteiger partial charge in [0.2, 0.25) is 0 Å². The molecule has 2 rings (SSSR count). The highest BCUT2D eigenvalue weighted by Crippen LogP contribution is 2.22. The van der Waals surface area contributed by atoms with Gasteiger partial charge in [-0.05, 0) is 41.9 Å². The molecule has 0 spiro atoms. The molecule has 0 unspecified atom stereocenters. The van der Waals surface area contributed by atoms with Crippen LogP contribution in [0.15, 0.2) is 10.1 Å².